The summed E-state index contributed by atoms with van der Waals surface area (Å²) >= 11 is 0. The number of aryl methyl sites for hydroxylation is 1. The van der Waals surface area contributed by atoms with Crippen LogP contribution in [0.2, 0.25) is 0 Å². The molecule has 0 spiro atoms. The van der Waals surface area contributed by atoms with Crippen LogP contribution >= 0.6 is 0 Å². The second-order valence-electron chi connectivity index (χ2n) is 4.47. The number of ether oxygens (including phenoxy) is 1. The fourth-order valence-electron chi connectivity index (χ4n) is 1.96. The predicted molar refractivity (Wildman–Crippen MR) is 69.7 cm³/mol. The number of carbonyl (C=O) groups excluding carboxylic acids is 1. The fourth-order valence-corrected chi connectivity index (χ4v) is 1.96. The number of imidazole rings is 1. The maximum absolute atomic E-state index is 10.9. The first kappa shape index (κ1) is 13.2. The molecule has 0 radical (unpaired) electrons. The lowest BCUT2D eigenvalue weighted by atomic mass is 10.3. The molecule has 2 heterocycles. The molecule has 0 aliphatic rings. The first-order valence-electron chi connectivity index (χ1n) is 6.04. The van der Waals surface area contributed by atoms with Crippen molar-refractivity contribution in [3.63, 3.8) is 0 Å². The Bertz CT molecular complexity index is 604. The molecule has 0 bridgehead atoms. The number of hydrogen-bond acceptors (Lipinski definition) is 5. The highest BCUT2D eigenvalue weighted by atomic mass is 16.5. The highest BCUT2D eigenvalue weighted by Crippen LogP contribution is 2.23. The number of aromatic nitrogens is 4. The van der Waals surface area contributed by atoms with Gasteiger partial charge in [-0.3, -0.25) is 4.79 Å². The maximum atomic E-state index is 10.9. The first-order chi connectivity index (χ1) is 8.99. The zero-order chi connectivity index (χ0) is 14.0. The van der Waals surface area contributed by atoms with Crippen molar-refractivity contribution in [2.45, 2.75) is 33.7 Å². The Hall–Kier alpha value is -2.24. The van der Waals surface area contributed by atoms with E-state index in [4.69, 9.17) is 4.74 Å². The van der Waals surface area contributed by atoms with Crippen LogP contribution in [0.4, 0.5) is 0 Å². The predicted octanol–water partition coefficient (Wildman–Crippen LogP) is 2.15. The summed E-state index contributed by atoms with van der Waals surface area (Å²) in [7, 11) is 0. The Balaban J connectivity index is 2.45. The molecule has 6 nitrogen and oxygen atoms in total. The molecule has 0 atom stereocenters. The molecule has 0 saturated heterocycles. The van der Waals surface area contributed by atoms with E-state index in [-0.39, 0.29) is 12.1 Å². The second-order valence-corrected chi connectivity index (χ2v) is 4.47. The normalized spacial score (nSPS) is 10.8. The van der Waals surface area contributed by atoms with Crippen LogP contribution in [0.5, 0.6) is 6.01 Å². The third-order valence-corrected chi connectivity index (χ3v) is 2.63. The van der Waals surface area contributed by atoms with Crippen molar-refractivity contribution < 1.29 is 9.53 Å². The third kappa shape index (κ3) is 2.78. The molecule has 0 N–H and O–H groups in total. The van der Waals surface area contributed by atoms with Crippen molar-refractivity contribution in [2.24, 2.45) is 0 Å². The van der Waals surface area contributed by atoms with Crippen LogP contribution in [-0.4, -0.2) is 25.5 Å². The Labute approximate surface area is 111 Å². The van der Waals surface area contributed by atoms with E-state index < -0.39 is 5.97 Å². The number of rotatable bonds is 3. The van der Waals surface area contributed by atoms with Crippen LogP contribution in [0.25, 0.3) is 11.4 Å². The van der Waals surface area contributed by atoms with Crippen molar-refractivity contribution in [3.05, 3.63) is 24.3 Å². The Morgan fingerprint density at radius 2 is 2.11 bits per heavy atom. The number of esters is 1. The molecule has 0 fully saturated rings. The van der Waals surface area contributed by atoms with Crippen molar-refractivity contribution in [1.29, 1.82) is 0 Å². The topological polar surface area (TPSA) is 69.9 Å². The van der Waals surface area contributed by atoms with E-state index in [2.05, 4.69) is 33.4 Å². The molecular weight excluding hydrogens is 244 g/mol. The van der Waals surface area contributed by atoms with Gasteiger partial charge < -0.3 is 9.30 Å². The van der Waals surface area contributed by atoms with Gasteiger partial charge in [-0.2, -0.15) is 4.98 Å². The van der Waals surface area contributed by atoms with Gasteiger partial charge in [0.15, 0.2) is 0 Å². The van der Waals surface area contributed by atoms with Gasteiger partial charge in [0, 0.05) is 19.2 Å². The maximum Gasteiger partial charge on any atom is 0.324 e. The summed E-state index contributed by atoms with van der Waals surface area (Å²) < 4.78 is 6.96. The van der Waals surface area contributed by atoms with E-state index in [1.54, 1.807) is 18.5 Å². The lowest BCUT2D eigenvalue weighted by Crippen LogP contribution is -2.08. The zero-order valence-electron chi connectivity index (χ0n) is 11.4. The van der Waals surface area contributed by atoms with Crippen LogP contribution in [0.3, 0.4) is 0 Å². The summed E-state index contributed by atoms with van der Waals surface area (Å²) in [4.78, 5) is 23.3. The average molecular weight is 260 g/mol. The van der Waals surface area contributed by atoms with Crippen molar-refractivity contribution in [1.82, 2.24) is 19.5 Å². The molecule has 0 aliphatic heterocycles. The number of carbonyl (C=O) groups is 1. The minimum Gasteiger partial charge on any atom is -0.391 e. The minimum atomic E-state index is -0.439. The monoisotopic (exact) mass is 260 g/mol. The van der Waals surface area contributed by atoms with Gasteiger partial charge in [-0.15, -0.1) is 0 Å². The van der Waals surface area contributed by atoms with Crippen LogP contribution in [0, 0.1) is 6.92 Å². The highest BCUT2D eigenvalue weighted by Gasteiger charge is 2.14. The summed E-state index contributed by atoms with van der Waals surface area (Å²) in [6.07, 6.45) is 3.32. The molecule has 0 aromatic carbocycles. The van der Waals surface area contributed by atoms with E-state index in [1.807, 2.05) is 6.92 Å². The Morgan fingerprint density at radius 3 is 2.74 bits per heavy atom. The molecule has 19 heavy (non-hydrogen) atoms. The van der Waals surface area contributed by atoms with Gasteiger partial charge in [0.05, 0.1) is 17.6 Å². The zero-order valence-corrected chi connectivity index (χ0v) is 11.4. The standard InChI is InChI=1S/C13H16N4O2/c1-8(2)17-9(3)15-7-12(17)11-5-6-14-13(16-11)19-10(4)18/h5-8H,1-4H3. The van der Waals surface area contributed by atoms with Gasteiger partial charge in [0.2, 0.25) is 0 Å². The largest absolute Gasteiger partial charge is 0.391 e. The van der Waals surface area contributed by atoms with Crippen LogP contribution < -0.4 is 4.74 Å². The van der Waals surface area contributed by atoms with E-state index in [1.165, 1.54) is 6.92 Å². The highest BCUT2D eigenvalue weighted by molar-refractivity contribution is 5.68. The molecule has 2 aromatic rings. The molecule has 0 unspecified atom stereocenters. The molecule has 2 rings (SSSR count). The Kier molecular flexibility index (Phi) is 3.59. The van der Waals surface area contributed by atoms with Gasteiger partial charge in [0.1, 0.15) is 5.82 Å². The van der Waals surface area contributed by atoms with Crippen LogP contribution in [-0.2, 0) is 4.79 Å². The molecule has 0 amide bonds. The quantitative estimate of drug-likeness (QED) is 0.791. The van der Waals surface area contributed by atoms with Crippen molar-refractivity contribution in [3.8, 4) is 17.4 Å². The molecule has 0 saturated carbocycles. The van der Waals surface area contributed by atoms with Crippen molar-refractivity contribution in [2.75, 3.05) is 0 Å². The second kappa shape index (κ2) is 5.17. The molecule has 2 aromatic heterocycles. The molecular formula is C13H16N4O2. The van der Waals surface area contributed by atoms with Crippen LogP contribution in [0.1, 0.15) is 32.6 Å². The number of nitrogens with zero attached hydrogens (tertiary/aromatic N) is 4. The summed E-state index contributed by atoms with van der Waals surface area (Å²) in [6.45, 7) is 7.41. The summed E-state index contributed by atoms with van der Waals surface area (Å²) in [5, 5.41) is 0. The van der Waals surface area contributed by atoms with Gasteiger partial charge in [-0.05, 0) is 26.8 Å². The molecule has 100 valence electrons. The average Bonchev–Trinajstić information content (AvgIpc) is 2.70. The van der Waals surface area contributed by atoms with E-state index in [9.17, 15) is 4.79 Å². The molecule has 6 heteroatoms. The summed E-state index contributed by atoms with van der Waals surface area (Å²) in [5.74, 6) is 0.475. The van der Waals surface area contributed by atoms with Gasteiger partial charge in [0.25, 0.3) is 0 Å². The number of hydrogen-bond donors (Lipinski definition) is 0. The van der Waals surface area contributed by atoms with E-state index >= 15 is 0 Å². The van der Waals surface area contributed by atoms with Crippen LogP contribution in [0.15, 0.2) is 18.5 Å². The Morgan fingerprint density at radius 1 is 1.37 bits per heavy atom. The summed E-state index contributed by atoms with van der Waals surface area (Å²) in [5.41, 5.74) is 1.56. The first-order valence-corrected chi connectivity index (χ1v) is 6.04. The fraction of sp³-hybridized carbons (Fsp3) is 0.385. The summed E-state index contributed by atoms with van der Waals surface area (Å²) in [6, 6.07) is 2.09. The van der Waals surface area contributed by atoms with Gasteiger partial charge >= 0.3 is 12.0 Å². The lowest BCUT2D eigenvalue weighted by molar-refractivity contribution is -0.132. The van der Waals surface area contributed by atoms with E-state index in [0.717, 1.165) is 11.5 Å². The van der Waals surface area contributed by atoms with Gasteiger partial charge in [-0.1, -0.05) is 0 Å². The van der Waals surface area contributed by atoms with E-state index in [0.29, 0.717) is 5.69 Å². The smallest absolute Gasteiger partial charge is 0.324 e. The lowest BCUT2D eigenvalue weighted by Gasteiger charge is -2.13. The van der Waals surface area contributed by atoms with Crippen molar-refractivity contribution >= 4 is 5.97 Å². The molecule has 0 aliphatic carbocycles. The SMILES string of the molecule is CC(=O)Oc1nccc(-c2cnc(C)n2C(C)C)n1. The minimum absolute atomic E-state index is 0.0548. The van der Waals surface area contributed by atoms with Gasteiger partial charge in [-0.25, -0.2) is 9.97 Å². The third-order valence-electron chi connectivity index (χ3n) is 2.63.